The quantitative estimate of drug-likeness (QED) is 0.0731. The van der Waals surface area contributed by atoms with E-state index in [0.717, 1.165) is 39.3 Å². The average molecular weight is 823 g/mol. The third kappa shape index (κ3) is 20.7. The molecule has 0 bridgehead atoms. The standard InChI is InChI=1S/C22H38N4O3S.2C6H8O7/c1-3-24(4-2)17-18-26(19-20-30(28,29)21-11-7-5-8-12-21)22(27)23-13-16-25-14-9-6-10-15-25;2*7-3(8)1-6(13,5(11)12)2-4(9)10/h5,7-8,11-12H,3-4,6,9-10,13-20H2,1-2H3,(H,23,27);2*13H,1-2H2,(H,7,8)(H,9,10)(H,11,12). The van der Waals surface area contributed by atoms with Gasteiger partial charge in [-0.2, -0.15) is 0 Å². The number of nitrogens with one attached hydrogen (secondary N) is 1. The van der Waals surface area contributed by atoms with E-state index in [1.165, 1.54) is 19.3 Å². The smallest absolute Gasteiger partial charge is 0.336 e. The topological polar surface area (TPSA) is 337 Å². The van der Waals surface area contributed by atoms with Crippen molar-refractivity contribution in [3.05, 3.63) is 30.3 Å². The lowest BCUT2D eigenvalue weighted by molar-refractivity contribution is -0.170. The van der Waals surface area contributed by atoms with Crippen molar-refractivity contribution in [3.63, 3.8) is 0 Å². The van der Waals surface area contributed by atoms with Crippen LogP contribution < -0.4 is 5.32 Å². The lowest BCUT2D eigenvalue weighted by Gasteiger charge is -2.28. The Morgan fingerprint density at radius 2 is 1.11 bits per heavy atom. The van der Waals surface area contributed by atoms with Crippen molar-refractivity contribution in [3.8, 4) is 0 Å². The number of benzene rings is 1. The Balaban J connectivity index is 0.000000963. The summed E-state index contributed by atoms with van der Waals surface area (Å²) in [6.07, 6.45) is -0.840. The molecule has 318 valence electrons. The molecular formula is C34H54N4O17S. The number of urea groups is 1. The molecule has 1 heterocycles. The molecule has 1 saturated heterocycles. The van der Waals surface area contributed by atoms with Crippen molar-refractivity contribution < 1.29 is 82.8 Å². The van der Waals surface area contributed by atoms with Gasteiger partial charge in [-0.15, -0.1) is 0 Å². The summed E-state index contributed by atoms with van der Waals surface area (Å²) in [6.45, 7) is 11.1. The van der Waals surface area contributed by atoms with Crippen LogP contribution in [0.15, 0.2) is 35.2 Å². The van der Waals surface area contributed by atoms with Crippen LogP contribution in [0.1, 0.15) is 58.8 Å². The van der Waals surface area contributed by atoms with Crippen molar-refractivity contribution in [2.24, 2.45) is 0 Å². The number of carboxylic acid groups (broad SMARTS) is 6. The molecule has 0 saturated carbocycles. The number of likely N-dealkylation sites (tertiary alicyclic amines) is 1. The zero-order valence-corrected chi connectivity index (χ0v) is 32.2. The fourth-order valence-corrected chi connectivity index (χ4v) is 6.41. The van der Waals surface area contributed by atoms with Crippen LogP contribution in [-0.2, 0) is 38.6 Å². The highest BCUT2D eigenvalue weighted by Crippen LogP contribution is 2.17. The number of aliphatic carboxylic acids is 6. The van der Waals surface area contributed by atoms with E-state index in [-0.39, 0.29) is 18.3 Å². The van der Waals surface area contributed by atoms with Crippen LogP contribution in [0.5, 0.6) is 0 Å². The SMILES string of the molecule is CCN(CC)CCN(CCS(=O)(=O)c1ccccc1)C(=O)NCCN1CCCCC1.O=C(O)CC(O)(CC(=O)O)C(=O)O.O=C(O)CC(O)(CC(=O)O)C(=O)O. The largest absolute Gasteiger partial charge is 0.481 e. The number of carboxylic acids is 6. The average Bonchev–Trinajstić information content (AvgIpc) is 3.09. The Morgan fingerprint density at radius 3 is 1.48 bits per heavy atom. The Bertz CT molecular complexity index is 1460. The number of rotatable bonds is 22. The molecule has 9 N–H and O–H groups in total. The highest BCUT2D eigenvalue weighted by Gasteiger charge is 2.41. The molecule has 1 aromatic rings. The molecule has 0 atom stereocenters. The number of hydrogen-bond acceptors (Lipinski definition) is 13. The fraction of sp³-hybridized carbons (Fsp3) is 0.618. The Hall–Kier alpha value is -4.90. The summed E-state index contributed by atoms with van der Waals surface area (Å²) in [5.74, 6) is -10.1. The van der Waals surface area contributed by atoms with E-state index in [1.54, 1.807) is 35.2 Å². The van der Waals surface area contributed by atoms with Crippen LogP contribution in [-0.4, -0.2) is 182 Å². The molecule has 1 aliphatic heterocycles. The van der Waals surface area contributed by atoms with Crippen molar-refractivity contribution in [2.45, 2.75) is 74.9 Å². The third-order valence-electron chi connectivity index (χ3n) is 8.32. The summed E-state index contributed by atoms with van der Waals surface area (Å²) < 4.78 is 25.3. The molecule has 21 nitrogen and oxygen atoms in total. The number of piperidine rings is 1. The summed E-state index contributed by atoms with van der Waals surface area (Å²) in [5.41, 5.74) is -5.48. The summed E-state index contributed by atoms with van der Waals surface area (Å²) in [5, 5.41) is 70.6. The van der Waals surface area contributed by atoms with Gasteiger partial charge in [0.25, 0.3) is 0 Å². The number of amides is 2. The molecule has 22 heteroatoms. The first-order valence-electron chi connectivity index (χ1n) is 17.6. The minimum atomic E-state index is -3.42. The van der Waals surface area contributed by atoms with Gasteiger partial charge in [-0.1, -0.05) is 38.5 Å². The van der Waals surface area contributed by atoms with Gasteiger partial charge in [0.05, 0.1) is 36.3 Å². The number of carbonyl (C=O) groups is 7. The monoisotopic (exact) mass is 822 g/mol. The number of nitrogens with zero attached hydrogens (tertiary/aromatic N) is 3. The first kappa shape index (κ1) is 51.1. The molecule has 2 amide bonds. The molecule has 1 aromatic carbocycles. The zero-order valence-electron chi connectivity index (χ0n) is 31.4. The number of sulfone groups is 1. The van der Waals surface area contributed by atoms with Crippen LogP contribution in [0.3, 0.4) is 0 Å². The molecule has 56 heavy (non-hydrogen) atoms. The van der Waals surface area contributed by atoms with E-state index < -0.39 is 82.5 Å². The summed E-state index contributed by atoms with van der Waals surface area (Å²) in [4.78, 5) is 80.3. The second kappa shape index (κ2) is 25.3. The molecule has 1 aliphatic rings. The minimum Gasteiger partial charge on any atom is -0.481 e. The normalized spacial score (nSPS) is 13.2. The maximum atomic E-state index is 12.8. The van der Waals surface area contributed by atoms with Crippen molar-refractivity contribution in [1.82, 2.24) is 20.0 Å². The zero-order chi connectivity index (χ0) is 43.1. The van der Waals surface area contributed by atoms with Crippen LogP contribution in [0.4, 0.5) is 4.79 Å². The molecule has 1 fully saturated rings. The first-order chi connectivity index (χ1) is 26.0. The summed E-state index contributed by atoms with van der Waals surface area (Å²) in [7, 11) is -3.42. The number of carbonyl (C=O) groups excluding carboxylic acids is 1. The van der Waals surface area contributed by atoms with Gasteiger partial charge in [0, 0.05) is 32.7 Å². The predicted octanol–water partition coefficient (Wildman–Crippen LogP) is -0.197. The number of aliphatic hydroxyl groups is 2. The molecule has 0 unspecified atom stereocenters. The van der Waals surface area contributed by atoms with Gasteiger partial charge in [0.1, 0.15) is 0 Å². The van der Waals surface area contributed by atoms with E-state index in [1.807, 2.05) is 0 Å². The second-order valence-corrected chi connectivity index (χ2v) is 14.8. The van der Waals surface area contributed by atoms with Gasteiger partial charge in [-0.25, -0.2) is 22.8 Å². The summed E-state index contributed by atoms with van der Waals surface area (Å²) in [6, 6.07) is 8.27. The minimum absolute atomic E-state index is 0.0746. The van der Waals surface area contributed by atoms with Gasteiger partial charge in [0.15, 0.2) is 21.0 Å². The summed E-state index contributed by atoms with van der Waals surface area (Å²) >= 11 is 0. The highest BCUT2D eigenvalue weighted by molar-refractivity contribution is 7.91. The second-order valence-electron chi connectivity index (χ2n) is 12.7. The Morgan fingerprint density at radius 1 is 0.679 bits per heavy atom. The molecular weight excluding hydrogens is 768 g/mol. The van der Waals surface area contributed by atoms with Crippen molar-refractivity contribution in [1.29, 1.82) is 0 Å². The maximum absolute atomic E-state index is 12.8. The number of hydrogen-bond donors (Lipinski definition) is 9. The fourth-order valence-electron chi connectivity index (χ4n) is 5.14. The molecule has 0 radical (unpaired) electrons. The van der Waals surface area contributed by atoms with E-state index >= 15 is 0 Å². The van der Waals surface area contributed by atoms with Gasteiger partial charge >= 0.3 is 41.8 Å². The third-order valence-corrected chi connectivity index (χ3v) is 10.0. The molecule has 0 aliphatic carbocycles. The number of likely N-dealkylation sites (N-methyl/N-ethyl adjacent to an activating group) is 1. The van der Waals surface area contributed by atoms with Crippen LogP contribution in [0.2, 0.25) is 0 Å². The van der Waals surface area contributed by atoms with Crippen molar-refractivity contribution in [2.75, 3.05) is 64.7 Å². The van der Waals surface area contributed by atoms with Crippen LogP contribution in [0, 0.1) is 0 Å². The van der Waals surface area contributed by atoms with Gasteiger partial charge in [0.2, 0.25) is 0 Å². The van der Waals surface area contributed by atoms with Crippen LogP contribution >= 0.6 is 0 Å². The molecule has 0 spiro atoms. The Kier molecular flexibility index (Phi) is 23.1. The van der Waals surface area contributed by atoms with E-state index in [4.69, 9.17) is 40.9 Å². The first-order valence-corrected chi connectivity index (χ1v) is 19.2. The highest BCUT2D eigenvalue weighted by atomic mass is 32.2. The van der Waals surface area contributed by atoms with E-state index in [2.05, 4.69) is 29.0 Å². The van der Waals surface area contributed by atoms with Crippen LogP contribution in [0.25, 0.3) is 0 Å². The Labute approximate surface area is 324 Å². The van der Waals surface area contributed by atoms with Crippen molar-refractivity contribution >= 4 is 51.7 Å². The van der Waals surface area contributed by atoms with Gasteiger partial charge < -0.3 is 60.9 Å². The van der Waals surface area contributed by atoms with Gasteiger partial charge in [-0.3, -0.25) is 19.2 Å². The lowest BCUT2D eigenvalue weighted by atomic mass is 9.96. The van der Waals surface area contributed by atoms with E-state index in [9.17, 15) is 42.0 Å². The van der Waals surface area contributed by atoms with E-state index in [0.29, 0.717) is 18.0 Å². The van der Waals surface area contributed by atoms with Gasteiger partial charge in [-0.05, 0) is 51.2 Å². The maximum Gasteiger partial charge on any atom is 0.336 e. The lowest BCUT2D eigenvalue weighted by Crippen LogP contribution is -2.47. The predicted molar refractivity (Wildman–Crippen MR) is 196 cm³/mol. The molecule has 0 aromatic heterocycles. The molecule has 2 rings (SSSR count).